The molecule has 0 radical (unpaired) electrons. The van der Waals surface area contributed by atoms with E-state index in [4.69, 9.17) is 4.74 Å². The van der Waals surface area contributed by atoms with Crippen molar-refractivity contribution < 1.29 is 18.7 Å². The maximum Gasteiger partial charge on any atom is 0.410 e. The van der Waals surface area contributed by atoms with Crippen LogP contribution >= 0.6 is 0 Å². The van der Waals surface area contributed by atoms with E-state index in [1.165, 1.54) is 24.3 Å². The van der Waals surface area contributed by atoms with Crippen LogP contribution < -0.4 is 5.32 Å². The van der Waals surface area contributed by atoms with Gasteiger partial charge in [-0.2, -0.15) is 0 Å². The van der Waals surface area contributed by atoms with E-state index in [9.17, 15) is 14.0 Å². The molecule has 1 N–H and O–H groups in total. The van der Waals surface area contributed by atoms with E-state index < -0.39 is 5.60 Å². The van der Waals surface area contributed by atoms with Gasteiger partial charge in [-0.05, 0) is 83.1 Å². The molecule has 2 amide bonds. The second kappa shape index (κ2) is 10.6. The van der Waals surface area contributed by atoms with E-state index in [1.807, 2.05) is 25.7 Å². The predicted molar refractivity (Wildman–Crippen MR) is 112 cm³/mol. The van der Waals surface area contributed by atoms with Crippen LogP contribution in [0.3, 0.4) is 0 Å². The van der Waals surface area contributed by atoms with E-state index in [0.717, 1.165) is 45.1 Å². The summed E-state index contributed by atoms with van der Waals surface area (Å²) >= 11 is 0. The van der Waals surface area contributed by atoms with Crippen molar-refractivity contribution in [3.63, 3.8) is 0 Å². The lowest BCUT2D eigenvalue weighted by Gasteiger charge is -2.37. The molecule has 1 saturated heterocycles. The topological polar surface area (TPSA) is 58.6 Å². The summed E-state index contributed by atoms with van der Waals surface area (Å²) < 4.78 is 18.5. The average Bonchev–Trinajstić information content (AvgIpc) is 2.65. The van der Waals surface area contributed by atoms with E-state index in [1.54, 1.807) is 0 Å². The standard InChI is InChI=1S/C23H35FN2O3/c1-17(16-25-21(27)18-11-13-19(24)14-12-18)8-7-10-20-9-5-6-15-26(20)22(28)29-23(2,3)4/h11-14,17,20H,5-10,15-16H2,1-4H3,(H,25,27). The molecule has 1 aromatic carbocycles. The highest BCUT2D eigenvalue weighted by atomic mass is 19.1. The first kappa shape index (κ1) is 23.2. The summed E-state index contributed by atoms with van der Waals surface area (Å²) in [6.45, 7) is 9.14. The molecule has 0 bridgehead atoms. The highest BCUT2D eigenvalue weighted by Gasteiger charge is 2.30. The van der Waals surface area contributed by atoms with Gasteiger partial charge in [-0.3, -0.25) is 4.79 Å². The zero-order valence-electron chi connectivity index (χ0n) is 18.2. The maximum atomic E-state index is 13.0. The van der Waals surface area contributed by atoms with Crippen molar-refractivity contribution >= 4 is 12.0 Å². The Morgan fingerprint density at radius 3 is 2.59 bits per heavy atom. The van der Waals surface area contributed by atoms with Gasteiger partial charge in [-0.1, -0.05) is 13.3 Å². The molecule has 0 saturated carbocycles. The third kappa shape index (κ3) is 8.03. The highest BCUT2D eigenvalue weighted by Crippen LogP contribution is 2.24. The maximum absolute atomic E-state index is 13.0. The molecular weight excluding hydrogens is 371 g/mol. The van der Waals surface area contributed by atoms with Gasteiger partial charge < -0.3 is 15.0 Å². The molecule has 1 fully saturated rings. The average molecular weight is 407 g/mol. The van der Waals surface area contributed by atoms with Crippen LogP contribution in [0.5, 0.6) is 0 Å². The van der Waals surface area contributed by atoms with Gasteiger partial charge in [-0.25, -0.2) is 9.18 Å². The number of carbonyl (C=O) groups excluding carboxylic acids is 2. The summed E-state index contributed by atoms with van der Waals surface area (Å²) in [7, 11) is 0. The zero-order valence-corrected chi connectivity index (χ0v) is 18.2. The number of likely N-dealkylation sites (tertiary alicyclic amines) is 1. The SMILES string of the molecule is CC(CCCC1CCCCN1C(=O)OC(C)(C)C)CNC(=O)c1ccc(F)cc1. The van der Waals surface area contributed by atoms with Crippen molar-refractivity contribution in [1.29, 1.82) is 0 Å². The highest BCUT2D eigenvalue weighted by molar-refractivity contribution is 5.94. The molecule has 6 heteroatoms. The Morgan fingerprint density at radius 1 is 1.24 bits per heavy atom. The molecular formula is C23H35FN2O3. The van der Waals surface area contributed by atoms with Crippen LogP contribution in [-0.4, -0.2) is 41.6 Å². The number of amides is 2. The molecule has 1 aromatic rings. The Morgan fingerprint density at radius 2 is 1.93 bits per heavy atom. The number of piperidine rings is 1. The normalized spacial score (nSPS) is 18.2. The van der Waals surface area contributed by atoms with Crippen LogP contribution in [0, 0.1) is 11.7 Å². The second-order valence-corrected chi connectivity index (χ2v) is 9.08. The number of carbonyl (C=O) groups is 2. The number of hydrogen-bond donors (Lipinski definition) is 1. The molecule has 29 heavy (non-hydrogen) atoms. The monoisotopic (exact) mass is 406 g/mol. The van der Waals surface area contributed by atoms with E-state index in [2.05, 4.69) is 12.2 Å². The van der Waals surface area contributed by atoms with Gasteiger partial charge in [-0.15, -0.1) is 0 Å². The van der Waals surface area contributed by atoms with Crippen LogP contribution in [-0.2, 0) is 4.74 Å². The minimum Gasteiger partial charge on any atom is -0.444 e. The lowest BCUT2D eigenvalue weighted by molar-refractivity contribution is 0.00847. The van der Waals surface area contributed by atoms with E-state index >= 15 is 0 Å². The lowest BCUT2D eigenvalue weighted by Crippen LogP contribution is -2.46. The van der Waals surface area contributed by atoms with Crippen molar-refractivity contribution in [2.24, 2.45) is 5.92 Å². The third-order valence-electron chi connectivity index (χ3n) is 5.21. The number of rotatable bonds is 7. The van der Waals surface area contributed by atoms with Crippen molar-refractivity contribution in [2.75, 3.05) is 13.1 Å². The fourth-order valence-electron chi connectivity index (χ4n) is 3.64. The summed E-state index contributed by atoms with van der Waals surface area (Å²) in [5.74, 6) is -0.198. The van der Waals surface area contributed by atoms with Crippen LogP contribution in [0.4, 0.5) is 9.18 Å². The minimum atomic E-state index is -0.476. The molecule has 162 valence electrons. The first-order valence-corrected chi connectivity index (χ1v) is 10.7. The van der Waals surface area contributed by atoms with Crippen molar-refractivity contribution in [2.45, 2.75) is 77.9 Å². The Balaban J connectivity index is 1.73. The lowest BCUT2D eigenvalue weighted by atomic mass is 9.95. The molecule has 0 aromatic heterocycles. The first-order chi connectivity index (χ1) is 13.7. The van der Waals surface area contributed by atoms with Crippen LogP contribution in [0.25, 0.3) is 0 Å². The van der Waals surface area contributed by atoms with Crippen molar-refractivity contribution in [3.8, 4) is 0 Å². The molecule has 0 aliphatic carbocycles. The van der Waals surface area contributed by atoms with Crippen LogP contribution in [0.1, 0.15) is 76.6 Å². The van der Waals surface area contributed by atoms with E-state index in [-0.39, 0.29) is 23.9 Å². The van der Waals surface area contributed by atoms with Gasteiger partial charge in [0.15, 0.2) is 0 Å². The first-order valence-electron chi connectivity index (χ1n) is 10.7. The summed E-state index contributed by atoms with van der Waals surface area (Å²) in [5, 5.41) is 2.91. The number of hydrogen-bond acceptors (Lipinski definition) is 3. The minimum absolute atomic E-state index is 0.180. The summed E-state index contributed by atoms with van der Waals surface area (Å²) in [4.78, 5) is 26.5. The molecule has 0 spiro atoms. The molecule has 2 unspecified atom stereocenters. The number of ether oxygens (including phenoxy) is 1. The van der Waals surface area contributed by atoms with E-state index in [0.29, 0.717) is 18.0 Å². The summed E-state index contributed by atoms with van der Waals surface area (Å²) in [6.07, 6.45) is 5.92. The number of nitrogens with zero attached hydrogens (tertiary/aromatic N) is 1. The van der Waals surface area contributed by atoms with Crippen LogP contribution in [0.15, 0.2) is 24.3 Å². The smallest absolute Gasteiger partial charge is 0.410 e. The fraction of sp³-hybridized carbons (Fsp3) is 0.652. The molecule has 2 rings (SSSR count). The Hall–Kier alpha value is -2.11. The van der Waals surface area contributed by atoms with Gasteiger partial charge in [0.2, 0.25) is 0 Å². The Kier molecular flexibility index (Phi) is 8.47. The zero-order chi connectivity index (χ0) is 21.4. The van der Waals surface area contributed by atoms with Gasteiger partial charge in [0.1, 0.15) is 11.4 Å². The Bertz CT molecular complexity index is 670. The molecule has 1 aliphatic heterocycles. The second-order valence-electron chi connectivity index (χ2n) is 9.08. The largest absolute Gasteiger partial charge is 0.444 e. The summed E-state index contributed by atoms with van der Waals surface area (Å²) in [6, 6.07) is 5.80. The molecule has 1 aliphatic rings. The number of nitrogens with one attached hydrogen (secondary N) is 1. The molecule has 1 heterocycles. The Labute approximate surface area is 174 Å². The quantitative estimate of drug-likeness (QED) is 0.681. The van der Waals surface area contributed by atoms with Gasteiger partial charge >= 0.3 is 6.09 Å². The molecule has 5 nitrogen and oxygen atoms in total. The van der Waals surface area contributed by atoms with Gasteiger partial charge in [0.05, 0.1) is 0 Å². The number of halogens is 1. The van der Waals surface area contributed by atoms with Gasteiger partial charge in [0.25, 0.3) is 5.91 Å². The van der Waals surface area contributed by atoms with Gasteiger partial charge in [0, 0.05) is 24.7 Å². The number of benzene rings is 1. The van der Waals surface area contributed by atoms with Crippen LogP contribution in [0.2, 0.25) is 0 Å². The predicted octanol–water partition coefficient (Wildman–Crippen LogP) is 5.15. The van der Waals surface area contributed by atoms with Crippen molar-refractivity contribution in [3.05, 3.63) is 35.6 Å². The fourth-order valence-corrected chi connectivity index (χ4v) is 3.64. The molecule has 2 atom stereocenters. The third-order valence-corrected chi connectivity index (χ3v) is 5.21. The summed E-state index contributed by atoms with van der Waals surface area (Å²) in [5.41, 5.74) is -0.00938. The van der Waals surface area contributed by atoms with Crippen molar-refractivity contribution in [1.82, 2.24) is 10.2 Å².